The maximum Gasteiger partial charge on any atom is 0.337 e. The van der Waals surface area contributed by atoms with E-state index in [1.165, 1.54) is 54.6 Å². The maximum atomic E-state index is 13.6. The Kier molecular flexibility index (Phi) is 5.50. The Morgan fingerprint density at radius 1 is 0.943 bits per heavy atom. The first-order valence-corrected chi connectivity index (χ1v) is 10.7. The quantitative estimate of drug-likeness (QED) is 0.239. The molecule has 35 heavy (non-hydrogen) atoms. The van der Waals surface area contributed by atoms with Crippen molar-refractivity contribution in [1.29, 1.82) is 0 Å². The van der Waals surface area contributed by atoms with Crippen LogP contribution in [0.25, 0.3) is 0 Å². The highest BCUT2D eigenvalue weighted by Gasteiger charge is 2.60. The van der Waals surface area contributed by atoms with Gasteiger partial charge in [0.25, 0.3) is 11.6 Å². The first-order valence-electron chi connectivity index (χ1n) is 10.7. The number of nitro groups is 1. The second-order valence-electron chi connectivity index (χ2n) is 8.06. The molecule has 10 heteroatoms. The second kappa shape index (κ2) is 8.65. The third kappa shape index (κ3) is 3.69. The zero-order valence-electron chi connectivity index (χ0n) is 18.4. The van der Waals surface area contributed by atoms with Gasteiger partial charge >= 0.3 is 5.97 Å². The van der Waals surface area contributed by atoms with E-state index in [0.29, 0.717) is 11.3 Å². The van der Waals surface area contributed by atoms with Gasteiger partial charge in [0.15, 0.2) is 6.10 Å². The lowest BCUT2D eigenvalue weighted by Crippen LogP contribution is -2.37. The highest BCUT2D eigenvalue weighted by Crippen LogP contribution is 2.47. The number of rotatable bonds is 5. The molecule has 0 spiro atoms. The summed E-state index contributed by atoms with van der Waals surface area (Å²) in [7, 11) is 1.26. The van der Waals surface area contributed by atoms with Gasteiger partial charge in [-0.25, -0.2) is 14.8 Å². The fraction of sp³-hybridized carbons (Fsp3) is 0.160. The number of anilines is 2. The highest BCUT2D eigenvalue weighted by atomic mass is 16.7. The highest BCUT2D eigenvalue weighted by molar-refractivity contribution is 6.24. The topological polar surface area (TPSA) is 119 Å². The van der Waals surface area contributed by atoms with Crippen molar-refractivity contribution in [2.75, 3.05) is 17.1 Å². The maximum absolute atomic E-state index is 13.6. The number of methoxy groups -OCH3 is 1. The normalized spacial score (nSPS) is 21.2. The predicted molar refractivity (Wildman–Crippen MR) is 123 cm³/mol. The molecule has 0 bridgehead atoms. The minimum absolute atomic E-state index is 0.133. The molecule has 3 atom stereocenters. The summed E-state index contributed by atoms with van der Waals surface area (Å²) in [4.78, 5) is 56.7. The number of non-ortho nitro benzene ring substituents is 1. The lowest BCUT2D eigenvalue weighted by Gasteiger charge is -2.28. The predicted octanol–water partition coefficient (Wildman–Crippen LogP) is 3.43. The molecule has 0 unspecified atom stereocenters. The first-order chi connectivity index (χ1) is 16.9. The van der Waals surface area contributed by atoms with Gasteiger partial charge in [0.05, 0.1) is 35.0 Å². The van der Waals surface area contributed by atoms with E-state index in [-0.39, 0.29) is 16.9 Å². The number of amides is 2. The number of hydrogen-bond acceptors (Lipinski definition) is 8. The van der Waals surface area contributed by atoms with E-state index < -0.39 is 40.8 Å². The molecule has 2 fully saturated rings. The fourth-order valence-corrected chi connectivity index (χ4v) is 4.49. The summed E-state index contributed by atoms with van der Waals surface area (Å²) in [6, 6.07) is 20.0. The van der Waals surface area contributed by atoms with Crippen LogP contribution in [0.5, 0.6) is 0 Å². The van der Waals surface area contributed by atoms with Crippen molar-refractivity contribution in [3.63, 3.8) is 0 Å². The molecule has 2 aliphatic heterocycles. The Labute approximate surface area is 199 Å². The molecule has 2 aliphatic rings. The van der Waals surface area contributed by atoms with Gasteiger partial charge in [0.1, 0.15) is 5.92 Å². The van der Waals surface area contributed by atoms with Crippen molar-refractivity contribution in [2.45, 2.75) is 12.1 Å². The molecular formula is C25H19N3O7. The third-order valence-electron chi connectivity index (χ3n) is 6.10. The van der Waals surface area contributed by atoms with Gasteiger partial charge in [-0.2, -0.15) is 0 Å². The van der Waals surface area contributed by atoms with E-state index in [4.69, 9.17) is 4.84 Å². The van der Waals surface area contributed by atoms with Gasteiger partial charge in [-0.3, -0.25) is 24.5 Å². The Hall–Kier alpha value is -4.57. The van der Waals surface area contributed by atoms with Crippen molar-refractivity contribution < 1.29 is 28.9 Å². The van der Waals surface area contributed by atoms with E-state index in [9.17, 15) is 24.5 Å². The summed E-state index contributed by atoms with van der Waals surface area (Å²) in [6.45, 7) is 0. The summed E-state index contributed by atoms with van der Waals surface area (Å²) < 4.78 is 4.69. The largest absolute Gasteiger partial charge is 0.465 e. The average molecular weight is 473 g/mol. The number of imide groups is 1. The van der Waals surface area contributed by atoms with Crippen LogP contribution in [0.2, 0.25) is 0 Å². The SMILES string of the molecule is COC(=O)c1ccc(N2C(=O)[C@H]3[C@@H](c4cccc([N+](=O)[O-])c4)N(c4ccccc4)O[C@H]3C2=O)cc1. The van der Waals surface area contributed by atoms with Crippen LogP contribution in [-0.2, 0) is 19.2 Å². The number of carbonyl (C=O) groups excluding carboxylic acids is 3. The smallest absolute Gasteiger partial charge is 0.337 e. The van der Waals surface area contributed by atoms with Crippen LogP contribution < -0.4 is 9.96 Å². The Morgan fingerprint density at radius 2 is 1.66 bits per heavy atom. The molecular weight excluding hydrogens is 454 g/mol. The molecule has 5 rings (SSSR count). The zero-order chi connectivity index (χ0) is 24.7. The number of hydroxylamine groups is 1. The molecule has 0 aliphatic carbocycles. The van der Waals surface area contributed by atoms with Crippen molar-refractivity contribution in [3.8, 4) is 0 Å². The van der Waals surface area contributed by atoms with Crippen LogP contribution in [-0.4, -0.2) is 35.9 Å². The van der Waals surface area contributed by atoms with Crippen LogP contribution in [0.4, 0.5) is 17.1 Å². The summed E-state index contributed by atoms with van der Waals surface area (Å²) in [5.41, 5.74) is 1.50. The van der Waals surface area contributed by atoms with Crippen molar-refractivity contribution in [3.05, 3.63) is 100 Å². The molecule has 0 aromatic heterocycles. The van der Waals surface area contributed by atoms with Crippen molar-refractivity contribution in [1.82, 2.24) is 0 Å². The molecule has 10 nitrogen and oxygen atoms in total. The molecule has 176 valence electrons. The lowest BCUT2D eigenvalue weighted by atomic mass is 9.90. The Morgan fingerprint density at radius 3 is 2.31 bits per heavy atom. The van der Waals surface area contributed by atoms with E-state index in [1.54, 1.807) is 30.3 Å². The number of nitro benzene ring substituents is 1. The average Bonchev–Trinajstić information content (AvgIpc) is 3.40. The standard InChI is InChI=1S/C25H19N3O7/c1-34-25(31)15-10-12-17(13-11-15)26-23(29)20-21(16-6-5-9-19(14-16)28(32)33)27(35-22(20)24(26)30)18-7-3-2-4-8-18/h2-14,20-22H,1H3/t20-,21+,22+/m0/s1. The fourth-order valence-electron chi connectivity index (χ4n) is 4.49. The van der Waals surface area contributed by atoms with Crippen molar-refractivity contribution in [2.24, 2.45) is 5.92 Å². The number of benzene rings is 3. The lowest BCUT2D eigenvalue weighted by molar-refractivity contribution is -0.384. The van der Waals surface area contributed by atoms with Gasteiger partial charge in [-0.1, -0.05) is 30.3 Å². The van der Waals surface area contributed by atoms with Gasteiger partial charge in [0.2, 0.25) is 5.91 Å². The van der Waals surface area contributed by atoms with Gasteiger partial charge < -0.3 is 4.74 Å². The number of carbonyl (C=O) groups is 3. The number of para-hydroxylation sites is 1. The van der Waals surface area contributed by atoms with E-state index in [2.05, 4.69) is 4.74 Å². The molecule has 3 aromatic carbocycles. The number of hydrogen-bond donors (Lipinski definition) is 0. The van der Waals surface area contributed by atoms with Crippen LogP contribution in [0, 0.1) is 16.0 Å². The van der Waals surface area contributed by atoms with Crippen LogP contribution in [0.15, 0.2) is 78.9 Å². The Balaban J connectivity index is 1.55. The van der Waals surface area contributed by atoms with Crippen LogP contribution >= 0.6 is 0 Å². The van der Waals surface area contributed by atoms with Gasteiger partial charge in [-0.15, -0.1) is 0 Å². The zero-order valence-corrected chi connectivity index (χ0v) is 18.4. The van der Waals surface area contributed by atoms with Crippen LogP contribution in [0.3, 0.4) is 0 Å². The van der Waals surface area contributed by atoms with E-state index in [1.807, 2.05) is 6.07 Å². The summed E-state index contributed by atoms with van der Waals surface area (Å²) >= 11 is 0. The number of nitrogens with zero attached hydrogens (tertiary/aromatic N) is 3. The van der Waals surface area contributed by atoms with E-state index in [0.717, 1.165) is 4.90 Å². The number of ether oxygens (including phenoxy) is 1. The number of esters is 1. The van der Waals surface area contributed by atoms with Crippen LogP contribution in [0.1, 0.15) is 22.0 Å². The minimum Gasteiger partial charge on any atom is -0.465 e. The first kappa shape index (κ1) is 22.2. The number of fused-ring (bicyclic) bond motifs is 1. The van der Waals surface area contributed by atoms with E-state index >= 15 is 0 Å². The van der Waals surface area contributed by atoms with Crippen molar-refractivity contribution >= 4 is 34.8 Å². The summed E-state index contributed by atoms with van der Waals surface area (Å²) in [5, 5.41) is 12.9. The molecule has 2 amide bonds. The molecule has 2 heterocycles. The molecule has 0 radical (unpaired) electrons. The monoisotopic (exact) mass is 473 g/mol. The molecule has 0 N–H and O–H groups in total. The summed E-state index contributed by atoms with van der Waals surface area (Å²) in [5.74, 6) is -2.54. The molecule has 2 saturated heterocycles. The molecule has 3 aromatic rings. The van der Waals surface area contributed by atoms with Gasteiger partial charge in [-0.05, 0) is 42.0 Å². The second-order valence-corrected chi connectivity index (χ2v) is 8.06. The minimum atomic E-state index is -1.12. The summed E-state index contributed by atoms with van der Waals surface area (Å²) in [6.07, 6.45) is -1.12. The molecule has 0 saturated carbocycles. The van der Waals surface area contributed by atoms with Gasteiger partial charge in [0, 0.05) is 12.1 Å². The Bertz CT molecular complexity index is 1330. The third-order valence-corrected chi connectivity index (χ3v) is 6.10.